The average molecular weight is 329 g/mol. The lowest BCUT2D eigenvalue weighted by Crippen LogP contribution is -2.42. The van der Waals surface area contributed by atoms with Crippen molar-refractivity contribution in [3.05, 3.63) is 16.2 Å². The van der Waals surface area contributed by atoms with Gasteiger partial charge in [0.05, 0.1) is 6.54 Å². The van der Waals surface area contributed by atoms with Crippen molar-refractivity contribution >= 4 is 27.8 Å². The van der Waals surface area contributed by atoms with Crippen LogP contribution in [0.25, 0.3) is 0 Å². The number of fused-ring (bicyclic) bond motifs is 1. The van der Waals surface area contributed by atoms with Crippen molar-refractivity contribution in [1.82, 2.24) is 4.98 Å². The van der Waals surface area contributed by atoms with Crippen LogP contribution in [0.4, 0.5) is 10.6 Å². The van der Waals surface area contributed by atoms with Crippen molar-refractivity contribution in [2.75, 3.05) is 18.1 Å². The number of hydrogen-bond acceptors (Lipinski definition) is 4. The van der Waals surface area contributed by atoms with E-state index < -0.39 is 11.7 Å². The number of ether oxygens (including phenoxy) is 2. The number of halogens is 1. The number of amides is 1. The molecule has 0 saturated heterocycles. The van der Waals surface area contributed by atoms with Gasteiger partial charge in [-0.05, 0) is 55.3 Å². The van der Waals surface area contributed by atoms with E-state index in [1.807, 2.05) is 33.8 Å². The van der Waals surface area contributed by atoms with Crippen LogP contribution in [-0.4, -0.2) is 29.8 Å². The molecule has 5 nitrogen and oxygen atoms in total. The molecule has 0 unspecified atom stereocenters. The van der Waals surface area contributed by atoms with E-state index in [0.717, 1.165) is 5.56 Å². The zero-order valence-electron chi connectivity index (χ0n) is 11.5. The highest BCUT2D eigenvalue weighted by atomic mass is 79.9. The molecule has 104 valence electrons. The van der Waals surface area contributed by atoms with Crippen LogP contribution in [0.3, 0.4) is 0 Å². The number of nitrogens with zero attached hydrogens (tertiary/aromatic N) is 2. The van der Waals surface area contributed by atoms with Crippen LogP contribution in [0.15, 0.2) is 10.7 Å². The lowest BCUT2D eigenvalue weighted by molar-refractivity contribution is 0.0566. The summed E-state index contributed by atoms with van der Waals surface area (Å²) in [5.41, 5.74) is 0.404. The first-order valence-electron chi connectivity index (χ1n) is 6.08. The smallest absolute Gasteiger partial charge is 0.416 e. The van der Waals surface area contributed by atoms with Gasteiger partial charge >= 0.3 is 6.09 Å². The molecule has 0 spiro atoms. The summed E-state index contributed by atoms with van der Waals surface area (Å²) in [4.78, 5) is 18.0. The molecule has 0 aromatic carbocycles. The van der Waals surface area contributed by atoms with Crippen LogP contribution >= 0.6 is 15.9 Å². The normalized spacial score (nSPS) is 14.7. The second-order valence-corrected chi connectivity index (χ2v) is 6.21. The number of aromatic nitrogens is 1. The number of pyridine rings is 1. The number of carbonyl (C=O) groups excluding carboxylic acids is 1. The van der Waals surface area contributed by atoms with Crippen LogP contribution in [0.5, 0.6) is 5.75 Å². The summed E-state index contributed by atoms with van der Waals surface area (Å²) in [7, 11) is 0. The zero-order valence-corrected chi connectivity index (χ0v) is 13.1. The van der Waals surface area contributed by atoms with E-state index in [1.54, 1.807) is 0 Å². The van der Waals surface area contributed by atoms with Gasteiger partial charge in [0.25, 0.3) is 0 Å². The summed E-state index contributed by atoms with van der Waals surface area (Å²) in [5.74, 6) is 1.15. The van der Waals surface area contributed by atoms with E-state index in [2.05, 4.69) is 20.9 Å². The molecule has 0 atom stereocenters. The van der Waals surface area contributed by atoms with Crippen molar-refractivity contribution in [2.45, 2.75) is 33.3 Å². The molecule has 2 heterocycles. The topological polar surface area (TPSA) is 51.7 Å². The molecule has 0 radical (unpaired) electrons. The summed E-state index contributed by atoms with van der Waals surface area (Å²) in [6.07, 6.45) is -0.401. The SMILES string of the molecule is Cc1cc(Br)nc2c1OCCN2C(=O)OC(C)(C)C. The molecule has 0 saturated carbocycles. The zero-order chi connectivity index (χ0) is 14.2. The molecule has 0 N–H and O–H groups in total. The molecule has 6 heteroatoms. The van der Waals surface area contributed by atoms with E-state index in [4.69, 9.17) is 9.47 Å². The van der Waals surface area contributed by atoms with Crippen LogP contribution in [0.2, 0.25) is 0 Å². The molecule has 0 fully saturated rings. The molecule has 1 amide bonds. The largest absolute Gasteiger partial charge is 0.488 e. The first-order valence-corrected chi connectivity index (χ1v) is 6.88. The molecule has 0 bridgehead atoms. The maximum atomic E-state index is 12.2. The number of anilines is 1. The van der Waals surface area contributed by atoms with Gasteiger partial charge in [0.2, 0.25) is 0 Å². The molecule has 1 aromatic heterocycles. The molecule has 2 rings (SSSR count). The number of rotatable bonds is 0. The van der Waals surface area contributed by atoms with Crippen molar-refractivity contribution < 1.29 is 14.3 Å². The Bertz CT molecular complexity index is 511. The minimum atomic E-state index is -0.531. The van der Waals surface area contributed by atoms with Crippen molar-refractivity contribution in [3.8, 4) is 5.75 Å². The Labute approximate surface area is 121 Å². The third kappa shape index (κ3) is 3.18. The van der Waals surface area contributed by atoms with Crippen molar-refractivity contribution in [3.63, 3.8) is 0 Å². The summed E-state index contributed by atoms with van der Waals surface area (Å²) < 4.78 is 11.6. The highest BCUT2D eigenvalue weighted by molar-refractivity contribution is 9.10. The fraction of sp³-hybridized carbons (Fsp3) is 0.538. The lowest BCUT2D eigenvalue weighted by Gasteiger charge is -2.31. The number of aryl methyl sites for hydroxylation is 1. The van der Waals surface area contributed by atoms with Crippen LogP contribution in [-0.2, 0) is 4.74 Å². The third-order valence-corrected chi connectivity index (χ3v) is 2.95. The highest BCUT2D eigenvalue weighted by Crippen LogP contribution is 2.35. The maximum absolute atomic E-state index is 12.2. The summed E-state index contributed by atoms with van der Waals surface area (Å²) in [6.45, 7) is 8.31. The first kappa shape index (κ1) is 14.1. The molecule has 19 heavy (non-hydrogen) atoms. The van der Waals surface area contributed by atoms with Crippen molar-refractivity contribution in [2.24, 2.45) is 0 Å². The predicted octanol–water partition coefficient (Wildman–Crippen LogP) is 3.29. The van der Waals surface area contributed by atoms with E-state index >= 15 is 0 Å². The van der Waals surface area contributed by atoms with Crippen molar-refractivity contribution in [1.29, 1.82) is 0 Å². The fourth-order valence-electron chi connectivity index (χ4n) is 1.81. The fourth-order valence-corrected chi connectivity index (χ4v) is 2.32. The highest BCUT2D eigenvalue weighted by Gasteiger charge is 2.30. The van der Waals surface area contributed by atoms with Gasteiger partial charge < -0.3 is 9.47 Å². The molecular formula is C13H17BrN2O3. The number of hydrogen-bond donors (Lipinski definition) is 0. The van der Waals surface area contributed by atoms with Gasteiger partial charge in [-0.2, -0.15) is 0 Å². The van der Waals surface area contributed by atoms with Gasteiger partial charge in [-0.15, -0.1) is 0 Å². The summed E-state index contributed by atoms with van der Waals surface area (Å²) >= 11 is 3.33. The molecule has 1 aliphatic heterocycles. The quantitative estimate of drug-likeness (QED) is 0.686. The van der Waals surface area contributed by atoms with E-state index in [1.165, 1.54) is 4.90 Å². The second-order valence-electron chi connectivity index (χ2n) is 5.40. The van der Waals surface area contributed by atoms with Gasteiger partial charge in [0.1, 0.15) is 16.8 Å². The van der Waals surface area contributed by atoms with Gasteiger partial charge in [0, 0.05) is 0 Å². The van der Waals surface area contributed by atoms with E-state index in [-0.39, 0.29) is 0 Å². The predicted molar refractivity (Wildman–Crippen MR) is 75.7 cm³/mol. The van der Waals surface area contributed by atoms with E-state index in [9.17, 15) is 4.79 Å². The molecular weight excluding hydrogens is 312 g/mol. The van der Waals surface area contributed by atoms with Crippen LogP contribution in [0, 0.1) is 6.92 Å². The molecule has 0 aliphatic carbocycles. The Balaban J connectivity index is 2.34. The summed E-state index contributed by atoms with van der Waals surface area (Å²) in [6, 6.07) is 1.86. The second kappa shape index (κ2) is 5.00. The third-order valence-electron chi connectivity index (χ3n) is 2.54. The van der Waals surface area contributed by atoms with E-state index in [0.29, 0.717) is 29.3 Å². The Morgan fingerprint density at radius 2 is 2.21 bits per heavy atom. The first-order chi connectivity index (χ1) is 8.78. The van der Waals surface area contributed by atoms with Gasteiger partial charge in [-0.1, -0.05) is 0 Å². The number of carbonyl (C=O) groups is 1. The maximum Gasteiger partial charge on any atom is 0.416 e. The Kier molecular flexibility index (Phi) is 3.71. The van der Waals surface area contributed by atoms with Gasteiger partial charge in [0.15, 0.2) is 11.6 Å². The van der Waals surface area contributed by atoms with Crippen LogP contribution < -0.4 is 9.64 Å². The molecule has 1 aliphatic rings. The Morgan fingerprint density at radius 3 is 2.84 bits per heavy atom. The average Bonchev–Trinajstić information content (AvgIpc) is 2.25. The van der Waals surface area contributed by atoms with Gasteiger partial charge in [-0.3, -0.25) is 4.90 Å². The lowest BCUT2D eigenvalue weighted by atomic mass is 10.2. The van der Waals surface area contributed by atoms with Crippen LogP contribution in [0.1, 0.15) is 26.3 Å². The summed E-state index contributed by atoms with van der Waals surface area (Å²) in [5, 5.41) is 0. The minimum Gasteiger partial charge on any atom is -0.488 e. The standard InChI is InChI=1S/C13H17BrN2O3/c1-8-7-9(14)15-11-10(8)18-6-5-16(11)12(17)19-13(2,3)4/h7H,5-6H2,1-4H3. The van der Waals surface area contributed by atoms with Gasteiger partial charge in [-0.25, -0.2) is 9.78 Å². The minimum absolute atomic E-state index is 0.401. The Hall–Kier alpha value is -1.30. The monoisotopic (exact) mass is 328 g/mol. The molecule has 1 aromatic rings. The Morgan fingerprint density at radius 1 is 1.53 bits per heavy atom.